The topological polar surface area (TPSA) is 18.5 Å². The van der Waals surface area contributed by atoms with Gasteiger partial charge in [-0.25, -0.2) is 5.01 Å². The molecule has 2 rings (SSSR count). The SMILES string of the molecule is CN1CCN(NC(=S)c2ccc(Br)s2)CC1. The Balaban J connectivity index is 1.88. The summed E-state index contributed by atoms with van der Waals surface area (Å²) in [6.45, 7) is 4.21. The van der Waals surface area contributed by atoms with Crippen molar-refractivity contribution in [3.05, 3.63) is 20.8 Å². The van der Waals surface area contributed by atoms with Gasteiger partial charge in [0.25, 0.3) is 0 Å². The highest BCUT2D eigenvalue weighted by molar-refractivity contribution is 9.11. The van der Waals surface area contributed by atoms with Crippen LogP contribution in [0, 0.1) is 0 Å². The number of rotatable bonds is 2. The normalized spacial score (nSPS) is 18.6. The predicted molar refractivity (Wildman–Crippen MR) is 75.9 cm³/mol. The van der Waals surface area contributed by atoms with Gasteiger partial charge in [-0.05, 0) is 35.1 Å². The molecule has 0 aromatic carbocycles. The van der Waals surface area contributed by atoms with Gasteiger partial charge in [0.15, 0.2) is 0 Å². The van der Waals surface area contributed by atoms with Crippen molar-refractivity contribution in [2.24, 2.45) is 0 Å². The van der Waals surface area contributed by atoms with E-state index in [0.29, 0.717) is 0 Å². The van der Waals surface area contributed by atoms with Gasteiger partial charge in [0.1, 0.15) is 4.99 Å². The molecule has 2 heterocycles. The fraction of sp³-hybridized carbons (Fsp3) is 0.500. The van der Waals surface area contributed by atoms with E-state index in [4.69, 9.17) is 12.2 Å². The van der Waals surface area contributed by atoms with E-state index in [0.717, 1.165) is 39.8 Å². The van der Waals surface area contributed by atoms with Crippen molar-refractivity contribution >= 4 is 44.5 Å². The smallest absolute Gasteiger partial charge is 0.131 e. The Morgan fingerprint density at radius 2 is 2.06 bits per heavy atom. The molecule has 1 aliphatic heterocycles. The second-order valence-electron chi connectivity index (χ2n) is 3.84. The van der Waals surface area contributed by atoms with Crippen LogP contribution in [0.25, 0.3) is 0 Å². The van der Waals surface area contributed by atoms with Crippen LogP contribution in [0.2, 0.25) is 0 Å². The van der Waals surface area contributed by atoms with Crippen LogP contribution < -0.4 is 5.43 Å². The number of hydrogen-bond acceptors (Lipinski definition) is 4. The molecule has 1 saturated heterocycles. The summed E-state index contributed by atoms with van der Waals surface area (Å²) in [5.74, 6) is 0. The Labute approximate surface area is 114 Å². The molecule has 6 heteroatoms. The van der Waals surface area contributed by atoms with Crippen molar-refractivity contribution in [1.82, 2.24) is 15.3 Å². The van der Waals surface area contributed by atoms with Crippen LogP contribution in [-0.4, -0.2) is 48.1 Å². The average Bonchev–Trinajstić information content (AvgIpc) is 2.68. The molecule has 1 aromatic rings. The van der Waals surface area contributed by atoms with E-state index in [9.17, 15) is 0 Å². The van der Waals surface area contributed by atoms with Crippen LogP contribution in [0.1, 0.15) is 4.88 Å². The summed E-state index contributed by atoms with van der Waals surface area (Å²) in [4.78, 5) is 4.25. The fourth-order valence-corrected chi connectivity index (χ4v) is 3.15. The Morgan fingerprint density at radius 1 is 1.38 bits per heavy atom. The van der Waals surface area contributed by atoms with Gasteiger partial charge in [0.2, 0.25) is 0 Å². The van der Waals surface area contributed by atoms with Crippen molar-refractivity contribution in [1.29, 1.82) is 0 Å². The maximum Gasteiger partial charge on any atom is 0.131 e. The van der Waals surface area contributed by atoms with Crippen molar-refractivity contribution < 1.29 is 0 Å². The number of hydrogen-bond donors (Lipinski definition) is 1. The lowest BCUT2D eigenvalue weighted by Crippen LogP contribution is -2.52. The van der Waals surface area contributed by atoms with Crippen LogP contribution in [0.4, 0.5) is 0 Å². The van der Waals surface area contributed by atoms with Gasteiger partial charge in [-0.15, -0.1) is 11.3 Å². The summed E-state index contributed by atoms with van der Waals surface area (Å²) >= 11 is 10.5. The molecule has 0 spiro atoms. The first-order chi connectivity index (χ1) is 7.65. The number of hydrazine groups is 1. The first-order valence-electron chi connectivity index (χ1n) is 5.15. The van der Waals surface area contributed by atoms with Crippen LogP contribution in [0.5, 0.6) is 0 Å². The number of piperazine rings is 1. The monoisotopic (exact) mass is 319 g/mol. The molecular formula is C10H14BrN3S2. The summed E-state index contributed by atoms with van der Waals surface area (Å²) in [5, 5.41) is 2.19. The molecule has 88 valence electrons. The summed E-state index contributed by atoms with van der Waals surface area (Å²) in [6.07, 6.45) is 0. The molecule has 1 fully saturated rings. The highest BCUT2D eigenvalue weighted by Gasteiger charge is 2.15. The van der Waals surface area contributed by atoms with Crippen LogP contribution in [-0.2, 0) is 0 Å². The van der Waals surface area contributed by atoms with Gasteiger partial charge in [-0.3, -0.25) is 0 Å². The molecule has 0 radical (unpaired) electrons. The largest absolute Gasteiger partial charge is 0.308 e. The molecule has 3 nitrogen and oxygen atoms in total. The second-order valence-corrected chi connectivity index (χ2v) is 6.71. The van der Waals surface area contributed by atoms with E-state index < -0.39 is 0 Å². The number of thiocarbonyl (C=S) groups is 1. The van der Waals surface area contributed by atoms with Crippen molar-refractivity contribution in [3.8, 4) is 0 Å². The molecule has 0 bridgehead atoms. The minimum Gasteiger partial charge on any atom is -0.308 e. The van der Waals surface area contributed by atoms with Gasteiger partial charge < -0.3 is 10.3 Å². The molecule has 1 aromatic heterocycles. The summed E-state index contributed by atoms with van der Waals surface area (Å²) in [7, 11) is 2.14. The standard InChI is InChI=1S/C10H14BrN3S2/c1-13-4-6-14(7-5-13)12-10(15)8-2-3-9(11)16-8/h2-3H,4-7H2,1H3,(H,12,15). The third-order valence-electron chi connectivity index (χ3n) is 2.56. The van der Waals surface area contributed by atoms with Crippen LogP contribution >= 0.6 is 39.5 Å². The van der Waals surface area contributed by atoms with Gasteiger partial charge in [-0.2, -0.15) is 0 Å². The predicted octanol–water partition coefficient (Wildman–Crippen LogP) is 1.94. The second kappa shape index (κ2) is 5.55. The molecule has 0 unspecified atom stereocenters. The van der Waals surface area contributed by atoms with Crippen molar-refractivity contribution in [2.45, 2.75) is 0 Å². The third kappa shape index (κ3) is 3.24. The molecule has 0 atom stereocenters. The zero-order valence-electron chi connectivity index (χ0n) is 9.07. The van der Waals surface area contributed by atoms with E-state index in [-0.39, 0.29) is 0 Å². The summed E-state index contributed by atoms with van der Waals surface area (Å²) in [6, 6.07) is 4.07. The van der Waals surface area contributed by atoms with E-state index in [1.807, 2.05) is 12.1 Å². The quantitative estimate of drug-likeness (QED) is 0.839. The van der Waals surface area contributed by atoms with Gasteiger partial charge in [0.05, 0.1) is 8.66 Å². The Bertz CT molecular complexity index is 372. The number of likely N-dealkylation sites (N-methyl/N-ethyl adjacent to an activating group) is 1. The molecular weight excluding hydrogens is 306 g/mol. The zero-order chi connectivity index (χ0) is 11.5. The van der Waals surface area contributed by atoms with Crippen LogP contribution in [0.3, 0.4) is 0 Å². The third-order valence-corrected chi connectivity index (χ3v) is 4.64. The first kappa shape index (κ1) is 12.4. The maximum absolute atomic E-state index is 5.37. The Morgan fingerprint density at radius 3 is 2.62 bits per heavy atom. The highest BCUT2D eigenvalue weighted by Crippen LogP contribution is 2.22. The van der Waals surface area contributed by atoms with Crippen LogP contribution in [0.15, 0.2) is 15.9 Å². The van der Waals surface area contributed by atoms with Gasteiger partial charge >= 0.3 is 0 Å². The lowest BCUT2D eigenvalue weighted by Gasteiger charge is -2.32. The van der Waals surface area contributed by atoms with Gasteiger partial charge in [-0.1, -0.05) is 12.2 Å². The average molecular weight is 320 g/mol. The molecule has 1 aliphatic rings. The summed E-state index contributed by atoms with van der Waals surface area (Å²) < 4.78 is 1.12. The van der Waals surface area contributed by atoms with Crippen molar-refractivity contribution in [2.75, 3.05) is 33.2 Å². The van der Waals surface area contributed by atoms with Gasteiger partial charge in [0, 0.05) is 26.2 Å². The Kier molecular flexibility index (Phi) is 4.32. The Hall–Kier alpha value is -0.0100. The molecule has 0 aliphatic carbocycles. The zero-order valence-corrected chi connectivity index (χ0v) is 12.3. The van der Waals surface area contributed by atoms with E-state index in [1.165, 1.54) is 0 Å². The molecule has 0 saturated carbocycles. The lowest BCUT2D eigenvalue weighted by molar-refractivity contribution is 0.132. The molecule has 1 N–H and O–H groups in total. The fourth-order valence-electron chi connectivity index (χ4n) is 1.55. The van der Waals surface area contributed by atoms with E-state index in [2.05, 4.69) is 38.3 Å². The number of nitrogens with one attached hydrogen (secondary N) is 1. The molecule has 16 heavy (non-hydrogen) atoms. The minimum absolute atomic E-state index is 0.820. The maximum atomic E-state index is 5.37. The highest BCUT2D eigenvalue weighted by atomic mass is 79.9. The summed E-state index contributed by atoms with van der Waals surface area (Å²) in [5.41, 5.74) is 3.30. The van der Waals surface area contributed by atoms with Crippen molar-refractivity contribution in [3.63, 3.8) is 0 Å². The number of halogens is 1. The first-order valence-corrected chi connectivity index (χ1v) is 7.17. The lowest BCUT2D eigenvalue weighted by atomic mass is 10.4. The van der Waals surface area contributed by atoms with E-state index in [1.54, 1.807) is 11.3 Å². The number of thiophene rings is 1. The minimum atomic E-state index is 0.820. The van der Waals surface area contributed by atoms with E-state index >= 15 is 0 Å². The molecule has 0 amide bonds. The number of nitrogens with zero attached hydrogens (tertiary/aromatic N) is 2.